The van der Waals surface area contributed by atoms with Gasteiger partial charge in [-0.2, -0.15) is 0 Å². The van der Waals surface area contributed by atoms with Gasteiger partial charge in [0.1, 0.15) is 10.5 Å². The van der Waals surface area contributed by atoms with Crippen LogP contribution < -0.4 is 0 Å². The molecule has 0 unspecified atom stereocenters. The van der Waals surface area contributed by atoms with Crippen LogP contribution in [0.4, 0.5) is 0 Å². The number of hydrogen-bond acceptors (Lipinski definition) is 6. The van der Waals surface area contributed by atoms with Crippen molar-refractivity contribution >= 4 is 28.6 Å². The molecule has 0 aliphatic carbocycles. The number of aromatic carboxylic acids is 1. The van der Waals surface area contributed by atoms with Crippen molar-refractivity contribution < 1.29 is 14.6 Å². The van der Waals surface area contributed by atoms with Crippen LogP contribution in [0.5, 0.6) is 0 Å². The molecule has 4 heterocycles. The number of rotatable bonds is 3. The average Bonchev–Trinajstić information content (AvgIpc) is 3.20. The number of carbonyl (C=O) groups is 1. The highest BCUT2D eigenvalue weighted by Crippen LogP contribution is 2.45. The number of thiophene rings is 1. The Hall–Kier alpha value is -1.28. The largest absolute Gasteiger partial charge is 0.477 e. The normalized spacial score (nSPS) is 20.5. The Balaban J connectivity index is 1.52. The molecule has 4 rings (SSSR count). The van der Waals surface area contributed by atoms with E-state index < -0.39 is 5.97 Å². The molecular weight excluding hydrogens is 332 g/mol. The minimum atomic E-state index is -0.831. The Labute approximate surface area is 142 Å². The van der Waals surface area contributed by atoms with Gasteiger partial charge in [0, 0.05) is 35.6 Å². The molecular formula is C16H18N2O3S2. The number of fused-ring (bicyclic) bond motifs is 2. The zero-order valence-electron chi connectivity index (χ0n) is 12.7. The summed E-state index contributed by atoms with van der Waals surface area (Å²) in [4.78, 5) is 20.7. The van der Waals surface area contributed by atoms with Crippen LogP contribution in [-0.2, 0) is 23.3 Å². The lowest BCUT2D eigenvalue weighted by Gasteiger charge is -2.43. The van der Waals surface area contributed by atoms with Gasteiger partial charge in [-0.25, -0.2) is 4.79 Å². The Morgan fingerprint density at radius 3 is 2.96 bits per heavy atom. The smallest absolute Gasteiger partial charge is 0.345 e. The number of aromatic nitrogens is 1. The number of carboxylic acids is 1. The summed E-state index contributed by atoms with van der Waals surface area (Å²) in [6, 6.07) is 1.84. The van der Waals surface area contributed by atoms with E-state index in [1.54, 1.807) is 11.3 Å². The Kier molecular flexibility index (Phi) is 3.96. The van der Waals surface area contributed by atoms with Crippen LogP contribution in [0.25, 0.3) is 0 Å². The van der Waals surface area contributed by atoms with Gasteiger partial charge < -0.3 is 9.84 Å². The van der Waals surface area contributed by atoms with Crippen molar-refractivity contribution in [2.24, 2.45) is 0 Å². The van der Waals surface area contributed by atoms with Gasteiger partial charge in [-0.3, -0.25) is 9.88 Å². The topological polar surface area (TPSA) is 62.7 Å². The van der Waals surface area contributed by atoms with Gasteiger partial charge in [0.05, 0.1) is 12.1 Å². The maximum Gasteiger partial charge on any atom is 0.345 e. The first-order valence-electron chi connectivity index (χ1n) is 7.76. The van der Waals surface area contributed by atoms with Gasteiger partial charge in [-0.05, 0) is 30.9 Å². The van der Waals surface area contributed by atoms with Gasteiger partial charge in [-0.1, -0.05) is 0 Å². The van der Waals surface area contributed by atoms with E-state index in [-0.39, 0.29) is 5.60 Å². The van der Waals surface area contributed by atoms with Gasteiger partial charge >= 0.3 is 5.97 Å². The molecule has 0 atom stereocenters. The van der Waals surface area contributed by atoms with Crippen LogP contribution in [0.3, 0.4) is 0 Å². The summed E-state index contributed by atoms with van der Waals surface area (Å²) in [6.45, 7) is 3.57. The molecule has 1 spiro atoms. The molecule has 23 heavy (non-hydrogen) atoms. The van der Waals surface area contributed by atoms with E-state index >= 15 is 0 Å². The standard InChI is InChI=1S/C16H18N2O3S2/c19-15(20)13-7-11-1-6-21-16(14(11)23-13)2-4-18(5-3-16)9-12-8-17-10-22-12/h7-8,10H,1-6,9H2,(H,19,20). The third-order valence-corrected chi connectivity index (χ3v) is 6.83. The van der Waals surface area contributed by atoms with Crippen molar-refractivity contribution in [1.29, 1.82) is 0 Å². The maximum absolute atomic E-state index is 11.3. The molecule has 1 fully saturated rings. The fraction of sp³-hybridized carbons (Fsp3) is 0.500. The van der Waals surface area contributed by atoms with Gasteiger partial charge in [0.2, 0.25) is 0 Å². The third-order valence-electron chi connectivity index (χ3n) is 4.71. The summed E-state index contributed by atoms with van der Waals surface area (Å²) in [5.74, 6) is -0.831. The summed E-state index contributed by atoms with van der Waals surface area (Å²) in [5, 5.41) is 9.26. The summed E-state index contributed by atoms with van der Waals surface area (Å²) < 4.78 is 6.19. The molecule has 122 valence electrons. The molecule has 2 aromatic rings. The summed E-state index contributed by atoms with van der Waals surface area (Å²) >= 11 is 3.10. The summed E-state index contributed by atoms with van der Waals surface area (Å²) in [7, 11) is 0. The summed E-state index contributed by atoms with van der Waals surface area (Å²) in [6.07, 6.45) is 4.62. The number of ether oxygens (including phenoxy) is 1. The molecule has 0 aromatic carbocycles. The molecule has 1 saturated heterocycles. The monoisotopic (exact) mass is 350 g/mol. The second-order valence-corrected chi connectivity index (χ2v) is 8.13. The zero-order valence-corrected chi connectivity index (χ0v) is 14.3. The molecule has 2 aliphatic heterocycles. The Morgan fingerprint density at radius 1 is 1.43 bits per heavy atom. The maximum atomic E-state index is 11.3. The highest BCUT2D eigenvalue weighted by molar-refractivity contribution is 7.14. The quantitative estimate of drug-likeness (QED) is 0.922. The minimum absolute atomic E-state index is 0.268. The van der Waals surface area contributed by atoms with E-state index in [1.165, 1.54) is 21.8 Å². The van der Waals surface area contributed by atoms with Crippen LogP contribution in [0, 0.1) is 0 Å². The Bertz CT molecular complexity index is 703. The fourth-order valence-electron chi connectivity index (χ4n) is 3.51. The third kappa shape index (κ3) is 2.82. The van der Waals surface area contributed by atoms with E-state index in [1.807, 2.05) is 17.8 Å². The molecule has 0 saturated carbocycles. The van der Waals surface area contributed by atoms with E-state index in [9.17, 15) is 9.90 Å². The van der Waals surface area contributed by atoms with Crippen molar-refractivity contribution in [2.75, 3.05) is 19.7 Å². The molecule has 1 N–H and O–H groups in total. The molecule has 2 aromatic heterocycles. The van der Waals surface area contributed by atoms with Crippen LogP contribution >= 0.6 is 22.7 Å². The highest BCUT2D eigenvalue weighted by atomic mass is 32.1. The summed E-state index contributed by atoms with van der Waals surface area (Å²) in [5.41, 5.74) is 2.78. The molecule has 2 aliphatic rings. The first-order chi connectivity index (χ1) is 11.2. The molecule has 0 bridgehead atoms. The van der Waals surface area contributed by atoms with E-state index in [2.05, 4.69) is 9.88 Å². The predicted molar refractivity (Wildman–Crippen MR) is 89.2 cm³/mol. The lowest BCUT2D eigenvalue weighted by molar-refractivity contribution is -0.0959. The second kappa shape index (κ2) is 5.98. The Morgan fingerprint density at radius 2 is 2.26 bits per heavy atom. The lowest BCUT2D eigenvalue weighted by atomic mass is 9.85. The number of nitrogens with zero attached hydrogens (tertiary/aromatic N) is 2. The van der Waals surface area contributed by atoms with E-state index in [0.717, 1.165) is 43.8 Å². The van der Waals surface area contributed by atoms with Crippen molar-refractivity contribution in [3.05, 3.63) is 38.0 Å². The van der Waals surface area contributed by atoms with Crippen molar-refractivity contribution in [3.8, 4) is 0 Å². The highest BCUT2D eigenvalue weighted by Gasteiger charge is 2.42. The minimum Gasteiger partial charge on any atom is -0.477 e. The van der Waals surface area contributed by atoms with Crippen LogP contribution in [0.2, 0.25) is 0 Å². The SMILES string of the molecule is O=C(O)c1cc2c(s1)C1(CCN(Cc3cncs3)CC1)OCC2. The number of thiazole rings is 1. The first kappa shape index (κ1) is 15.3. The van der Waals surface area contributed by atoms with Crippen molar-refractivity contribution in [1.82, 2.24) is 9.88 Å². The zero-order chi connectivity index (χ0) is 15.9. The molecule has 5 nitrogen and oxygen atoms in total. The average molecular weight is 350 g/mol. The number of carboxylic acid groups (broad SMARTS) is 1. The predicted octanol–water partition coefficient (Wildman–Crippen LogP) is 2.97. The number of hydrogen-bond donors (Lipinski definition) is 1. The van der Waals surface area contributed by atoms with E-state index in [4.69, 9.17) is 4.74 Å². The van der Waals surface area contributed by atoms with Crippen molar-refractivity contribution in [3.63, 3.8) is 0 Å². The van der Waals surface area contributed by atoms with Gasteiger partial charge in [0.25, 0.3) is 0 Å². The number of piperidine rings is 1. The lowest BCUT2D eigenvalue weighted by Crippen LogP contribution is -2.45. The second-order valence-electron chi connectivity index (χ2n) is 6.11. The van der Waals surface area contributed by atoms with Gasteiger partial charge in [-0.15, -0.1) is 22.7 Å². The molecule has 0 radical (unpaired) electrons. The van der Waals surface area contributed by atoms with Crippen molar-refractivity contribution in [2.45, 2.75) is 31.4 Å². The van der Waals surface area contributed by atoms with Crippen LogP contribution in [0.15, 0.2) is 17.8 Å². The fourth-order valence-corrected chi connectivity index (χ4v) is 5.40. The molecule has 7 heteroatoms. The molecule has 0 amide bonds. The van der Waals surface area contributed by atoms with Crippen LogP contribution in [-0.4, -0.2) is 40.7 Å². The van der Waals surface area contributed by atoms with Crippen LogP contribution in [0.1, 0.15) is 37.8 Å². The van der Waals surface area contributed by atoms with Gasteiger partial charge in [0.15, 0.2) is 0 Å². The number of likely N-dealkylation sites (tertiary alicyclic amines) is 1. The first-order valence-corrected chi connectivity index (χ1v) is 9.46. The van der Waals surface area contributed by atoms with E-state index in [0.29, 0.717) is 11.5 Å².